The van der Waals surface area contributed by atoms with Gasteiger partial charge in [0.2, 0.25) is 11.6 Å². The molecular formula is C19H27NO17. The second-order valence-corrected chi connectivity index (χ2v) is 8.81. The molecule has 0 radical (unpaired) electrons. The fourth-order valence-electron chi connectivity index (χ4n) is 4.81. The lowest BCUT2D eigenvalue weighted by atomic mass is 9.65. The predicted octanol–water partition coefficient (Wildman–Crippen LogP) is -8.09. The topological polar surface area (TPSA) is 322 Å². The molecule has 1 aromatic rings. The summed E-state index contributed by atoms with van der Waals surface area (Å²) < 4.78 is 10.2. The van der Waals surface area contributed by atoms with Crippen molar-refractivity contribution < 1.29 is 85.8 Å². The number of rotatable bonds is 6. The summed E-state index contributed by atoms with van der Waals surface area (Å²) in [4.78, 5) is 13.3. The third-order valence-electron chi connectivity index (χ3n) is 6.78. The summed E-state index contributed by atoms with van der Waals surface area (Å²) in [5.74, 6) is -27.3. The maximum Gasteiger partial charge on any atom is 0.320 e. The number of benzene rings is 1. The van der Waals surface area contributed by atoms with Crippen LogP contribution in [0.4, 0.5) is 0 Å². The van der Waals surface area contributed by atoms with Crippen molar-refractivity contribution in [1.82, 2.24) is 4.90 Å². The maximum atomic E-state index is 13.2. The van der Waals surface area contributed by atoms with Crippen LogP contribution in [0.1, 0.15) is 17.2 Å². The van der Waals surface area contributed by atoms with Gasteiger partial charge in [0.1, 0.15) is 6.04 Å². The number of aliphatic hydroxyl groups is 14. The molecule has 2 unspecified atom stereocenters. The first-order chi connectivity index (χ1) is 16.5. The summed E-state index contributed by atoms with van der Waals surface area (Å²) in [6, 6.07) is 0.161. The number of hydrogen-bond donors (Lipinski definition) is 14. The molecule has 14 N–H and O–H groups in total. The molecule has 0 spiro atoms. The number of ether oxygens (including phenoxy) is 2. The van der Waals surface area contributed by atoms with E-state index in [9.17, 15) is 76.3 Å². The number of hydrogen-bond acceptors (Lipinski definition) is 18. The Morgan fingerprint density at radius 3 is 1.73 bits per heavy atom. The monoisotopic (exact) mass is 541 g/mol. The second kappa shape index (κ2) is 8.19. The van der Waals surface area contributed by atoms with Crippen molar-refractivity contribution in [2.75, 3.05) is 20.8 Å². The van der Waals surface area contributed by atoms with E-state index in [0.717, 1.165) is 6.07 Å². The summed E-state index contributed by atoms with van der Waals surface area (Å²) in [5.41, 5.74) is -10.6. The first kappa shape index (κ1) is 29.4. The van der Waals surface area contributed by atoms with Crippen LogP contribution < -0.4 is 9.47 Å². The van der Waals surface area contributed by atoms with E-state index in [1.165, 1.54) is 20.3 Å². The number of Topliss-reactive ketones (excluding diaryl/α,β-unsaturated/α-hetero) is 1. The van der Waals surface area contributed by atoms with E-state index in [1.54, 1.807) is 0 Å². The van der Waals surface area contributed by atoms with Crippen LogP contribution in [0.15, 0.2) is 12.1 Å². The lowest BCUT2D eigenvalue weighted by Gasteiger charge is -2.62. The zero-order valence-corrected chi connectivity index (χ0v) is 19.1. The number of carbonyl (C=O) groups excluding carboxylic acids is 1. The van der Waals surface area contributed by atoms with Crippen LogP contribution in [0.5, 0.6) is 11.5 Å². The average molecular weight is 541 g/mol. The lowest BCUT2D eigenvalue weighted by molar-refractivity contribution is -0.567. The standard InChI is InChI=1S/C19H27NO17/c1-36-9-5-7-3-4-20-11(8(7)6-10(9)37-2)13(22,23)12(21)14(24,17(20,28)29)16(26,27)15(25,18(30,31)32)19(33,34)35/h5-6,11,22-35H,3-4H2,1-2H3. The van der Waals surface area contributed by atoms with E-state index in [0.29, 0.717) is 0 Å². The van der Waals surface area contributed by atoms with Gasteiger partial charge in [0.05, 0.1) is 14.2 Å². The van der Waals surface area contributed by atoms with E-state index in [2.05, 4.69) is 0 Å². The number of piperidine rings is 1. The highest BCUT2D eigenvalue weighted by Crippen LogP contribution is 2.55. The van der Waals surface area contributed by atoms with E-state index < -0.39 is 59.0 Å². The Morgan fingerprint density at radius 1 is 0.838 bits per heavy atom. The number of nitrogens with zero attached hydrogens (tertiary/aromatic N) is 1. The quantitative estimate of drug-likeness (QED) is 0.149. The number of ketones is 1. The first-order valence-electron chi connectivity index (χ1n) is 10.2. The van der Waals surface area contributed by atoms with Gasteiger partial charge >= 0.3 is 11.9 Å². The molecule has 1 aromatic carbocycles. The molecule has 0 saturated carbocycles. The van der Waals surface area contributed by atoms with Crippen LogP contribution in [-0.2, 0) is 11.2 Å². The van der Waals surface area contributed by atoms with Gasteiger partial charge in [-0.3, -0.25) is 4.79 Å². The number of fused-ring (bicyclic) bond motifs is 3. The molecule has 2 aliphatic heterocycles. The predicted molar refractivity (Wildman–Crippen MR) is 108 cm³/mol. The second-order valence-electron chi connectivity index (χ2n) is 8.81. The van der Waals surface area contributed by atoms with Gasteiger partial charge in [0.15, 0.2) is 11.5 Å². The van der Waals surface area contributed by atoms with Crippen molar-refractivity contribution in [1.29, 1.82) is 0 Å². The van der Waals surface area contributed by atoms with Gasteiger partial charge in [-0.15, -0.1) is 0 Å². The molecule has 37 heavy (non-hydrogen) atoms. The Morgan fingerprint density at radius 2 is 1.30 bits per heavy atom. The molecule has 0 amide bonds. The maximum absolute atomic E-state index is 13.2. The van der Waals surface area contributed by atoms with Crippen molar-refractivity contribution in [3.8, 4) is 11.5 Å². The van der Waals surface area contributed by atoms with Crippen molar-refractivity contribution in [2.45, 2.75) is 53.1 Å². The van der Waals surface area contributed by atoms with Crippen molar-refractivity contribution in [3.05, 3.63) is 23.3 Å². The third kappa shape index (κ3) is 3.45. The summed E-state index contributed by atoms with van der Waals surface area (Å²) >= 11 is 0. The van der Waals surface area contributed by atoms with Crippen LogP contribution in [-0.4, -0.2) is 144 Å². The van der Waals surface area contributed by atoms with Crippen molar-refractivity contribution in [2.24, 2.45) is 0 Å². The molecular weight excluding hydrogens is 514 g/mol. The Balaban J connectivity index is 2.33. The smallest absolute Gasteiger partial charge is 0.320 e. The molecule has 2 aliphatic rings. The van der Waals surface area contributed by atoms with Crippen LogP contribution in [0.25, 0.3) is 0 Å². The van der Waals surface area contributed by atoms with Gasteiger partial charge in [0.25, 0.3) is 22.9 Å². The highest BCUT2D eigenvalue weighted by molar-refractivity contribution is 5.97. The number of carbonyl (C=O) groups is 1. The molecule has 2 atom stereocenters. The largest absolute Gasteiger partial charge is 0.493 e. The SMILES string of the molecule is COc1cc2c(cc1OC)C1N(CC2)C(O)(O)C(O)(C(O)(O)C(O)(C(O)(O)O)C(O)(O)O)C(=O)C1(O)O. The summed E-state index contributed by atoms with van der Waals surface area (Å²) in [5, 5.41) is 142. The minimum Gasteiger partial charge on any atom is -0.493 e. The van der Waals surface area contributed by atoms with E-state index in [-0.39, 0.29) is 33.9 Å². The average Bonchev–Trinajstić information content (AvgIpc) is 2.77. The minimum absolute atomic E-state index is 0.0575. The molecule has 3 rings (SSSR count). The first-order valence-corrected chi connectivity index (χ1v) is 10.2. The van der Waals surface area contributed by atoms with Crippen LogP contribution >= 0.6 is 0 Å². The summed E-state index contributed by atoms with van der Waals surface area (Å²) in [7, 11) is 2.46. The zero-order chi connectivity index (χ0) is 28.8. The Kier molecular flexibility index (Phi) is 6.52. The molecule has 0 aromatic heterocycles. The lowest BCUT2D eigenvalue weighted by Crippen LogP contribution is -2.93. The van der Waals surface area contributed by atoms with Crippen molar-refractivity contribution in [3.63, 3.8) is 0 Å². The summed E-state index contributed by atoms with van der Waals surface area (Å²) in [6.45, 7) is -0.752. The van der Waals surface area contributed by atoms with Crippen molar-refractivity contribution >= 4 is 5.78 Å². The molecule has 0 aliphatic carbocycles. The van der Waals surface area contributed by atoms with Gasteiger partial charge in [-0.1, -0.05) is 0 Å². The van der Waals surface area contributed by atoms with Gasteiger partial charge in [-0.05, 0) is 29.7 Å². The minimum atomic E-state index is -5.53. The molecule has 1 saturated heterocycles. The third-order valence-corrected chi connectivity index (χ3v) is 6.78. The number of methoxy groups -OCH3 is 2. The zero-order valence-electron chi connectivity index (χ0n) is 19.1. The molecule has 18 heteroatoms. The Hall–Kier alpha value is -2.11. The van der Waals surface area contributed by atoms with E-state index in [1.807, 2.05) is 0 Å². The van der Waals surface area contributed by atoms with Gasteiger partial charge in [0, 0.05) is 6.54 Å². The molecule has 210 valence electrons. The van der Waals surface area contributed by atoms with E-state index in [4.69, 9.17) is 9.47 Å². The van der Waals surface area contributed by atoms with Crippen LogP contribution in [0.2, 0.25) is 0 Å². The van der Waals surface area contributed by atoms with Crippen LogP contribution in [0.3, 0.4) is 0 Å². The molecule has 0 bridgehead atoms. The molecule has 2 heterocycles. The Labute approximate surface area is 205 Å². The fourth-order valence-corrected chi connectivity index (χ4v) is 4.81. The highest BCUT2D eigenvalue weighted by atomic mass is 16.8. The Bertz CT molecular complexity index is 1070. The highest BCUT2D eigenvalue weighted by Gasteiger charge is 2.88. The molecule has 18 nitrogen and oxygen atoms in total. The van der Waals surface area contributed by atoms with Gasteiger partial charge in [-0.2, -0.15) is 0 Å². The summed E-state index contributed by atoms with van der Waals surface area (Å²) in [6.07, 6.45) is -0.253. The fraction of sp³-hybridized carbons (Fsp3) is 0.632. The van der Waals surface area contributed by atoms with E-state index >= 15 is 0 Å². The normalized spacial score (nSPS) is 26.4. The van der Waals surface area contributed by atoms with Gasteiger partial charge < -0.3 is 81.0 Å². The molecule has 1 fully saturated rings. The van der Waals surface area contributed by atoms with Crippen LogP contribution in [0, 0.1) is 0 Å². The van der Waals surface area contributed by atoms with Gasteiger partial charge in [-0.25, -0.2) is 4.90 Å².